The first kappa shape index (κ1) is 21.6. The summed E-state index contributed by atoms with van der Waals surface area (Å²) >= 11 is 0. The highest BCUT2D eigenvalue weighted by atomic mass is 19.1. The van der Waals surface area contributed by atoms with Crippen molar-refractivity contribution >= 4 is 17.9 Å². The van der Waals surface area contributed by atoms with Crippen LogP contribution in [0.3, 0.4) is 0 Å². The second kappa shape index (κ2) is 9.50. The Balaban J connectivity index is 0.000000438. The first-order chi connectivity index (χ1) is 13.7. The van der Waals surface area contributed by atoms with E-state index in [0.717, 1.165) is 22.8 Å². The van der Waals surface area contributed by atoms with Gasteiger partial charge in [-0.3, -0.25) is 0 Å². The van der Waals surface area contributed by atoms with Crippen LogP contribution < -0.4 is 5.32 Å². The number of aryl methyl sites for hydroxylation is 2. The lowest BCUT2D eigenvalue weighted by Gasteiger charge is -2.10. The van der Waals surface area contributed by atoms with Crippen LogP contribution in [0.1, 0.15) is 16.7 Å². The lowest BCUT2D eigenvalue weighted by atomic mass is 10.0. The highest BCUT2D eigenvalue weighted by Gasteiger charge is 2.09. The van der Waals surface area contributed by atoms with Gasteiger partial charge in [-0.2, -0.15) is 0 Å². The van der Waals surface area contributed by atoms with Gasteiger partial charge in [-0.25, -0.2) is 19.0 Å². The molecule has 0 aliphatic heterocycles. The van der Waals surface area contributed by atoms with Crippen LogP contribution in [0.2, 0.25) is 0 Å². The van der Waals surface area contributed by atoms with Crippen LogP contribution in [0.4, 0.5) is 10.3 Å². The normalized spacial score (nSPS) is 10.1. The fraction of sp³-hybridized carbons (Fsp3) is 0.190. The molecule has 0 saturated carbocycles. The van der Waals surface area contributed by atoms with Gasteiger partial charge in [-0.05, 0) is 48.7 Å². The molecular weight excluding hydrogens is 377 g/mol. The minimum absolute atomic E-state index is 0.222. The van der Waals surface area contributed by atoms with E-state index in [1.165, 1.54) is 23.3 Å². The number of hydrogen-bond acceptors (Lipinski definition) is 4. The summed E-state index contributed by atoms with van der Waals surface area (Å²) in [6.45, 7) is 4.75. The first-order valence-corrected chi connectivity index (χ1v) is 8.73. The maximum absolute atomic E-state index is 13.2. The van der Waals surface area contributed by atoms with Gasteiger partial charge in [-0.15, -0.1) is 0 Å². The summed E-state index contributed by atoms with van der Waals surface area (Å²) in [5, 5.41) is 18.0. The Morgan fingerprint density at radius 3 is 2.34 bits per heavy atom. The predicted octanol–water partition coefficient (Wildman–Crippen LogP) is 3.61. The van der Waals surface area contributed by atoms with E-state index in [-0.39, 0.29) is 5.82 Å². The van der Waals surface area contributed by atoms with E-state index in [0.29, 0.717) is 6.54 Å². The number of aromatic nitrogens is 2. The molecule has 0 atom stereocenters. The largest absolute Gasteiger partial charge is 0.473 e. The van der Waals surface area contributed by atoms with Crippen LogP contribution in [0, 0.1) is 19.7 Å². The van der Waals surface area contributed by atoms with E-state index in [1.807, 2.05) is 23.9 Å². The quantitative estimate of drug-likeness (QED) is 0.579. The second-order valence-corrected chi connectivity index (χ2v) is 6.42. The topological polar surface area (TPSA) is 104 Å². The molecule has 0 amide bonds. The number of rotatable bonds is 4. The molecule has 7 nitrogen and oxygen atoms in total. The molecule has 0 saturated heterocycles. The summed E-state index contributed by atoms with van der Waals surface area (Å²) < 4.78 is 15.2. The molecule has 29 heavy (non-hydrogen) atoms. The van der Waals surface area contributed by atoms with E-state index in [9.17, 15) is 4.39 Å². The molecule has 152 valence electrons. The van der Waals surface area contributed by atoms with Crippen LogP contribution in [-0.2, 0) is 23.2 Å². The van der Waals surface area contributed by atoms with Crippen LogP contribution in [0.5, 0.6) is 0 Å². The van der Waals surface area contributed by atoms with Crippen molar-refractivity contribution in [1.82, 2.24) is 9.55 Å². The van der Waals surface area contributed by atoms with E-state index in [4.69, 9.17) is 19.8 Å². The van der Waals surface area contributed by atoms with Crippen LogP contribution in [0.25, 0.3) is 11.3 Å². The molecule has 3 rings (SSSR count). The number of nitrogens with zero attached hydrogens (tertiary/aromatic N) is 2. The summed E-state index contributed by atoms with van der Waals surface area (Å²) in [7, 11) is 1.98. The zero-order valence-electron chi connectivity index (χ0n) is 16.3. The van der Waals surface area contributed by atoms with Gasteiger partial charge in [0.15, 0.2) is 0 Å². The van der Waals surface area contributed by atoms with Gasteiger partial charge in [0.25, 0.3) is 0 Å². The van der Waals surface area contributed by atoms with Crippen LogP contribution in [-0.4, -0.2) is 31.7 Å². The van der Waals surface area contributed by atoms with E-state index >= 15 is 0 Å². The molecule has 0 radical (unpaired) electrons. The van der Waals surface area contributed by atoms with Crippen molar-refractivity contribution in [2.45, 2.75) is 20.4 Å². The molecule has 1 heterocycles. The standard InChI is InChI=1S/C19H20FN3.C2H2O4/c1-13-7-8-16(9-14(13)2)18-12-22-19(23(18)3)21-11-15-5-4-6-17(20)10-15;3-1(4)2(5)6/h4-10,12H,11H2,1-3H3,(H,21,22);(H,3,4)(H,5,6). The Morgan fingerprint density at radius 2 is 1.76 bits per heavy atom. The Bertz CT molecular complexity index is 1020. The number of carboxylic acids is 2. The van der Waals surface area contributed by atoms with Gasteiger partial charge in [0.1, 0.15) is 5.82 Å². The summed E-state index contributed by atoms with van der Waals surface area (Å²) in [5.41, 5.74) is 5.62. The van der Waals surface area contributed by atoms with Crippen molar-refractivity contribution in [3.05, 3.63) is 71.2 Å². The molecule has 2 aromatic carbocycles. The van der Waals surface area contributed by atoms with E-state index in [1.54, 1.807) is 6.07 Å². The SMILES string of the molecule is Cc1ccc(-c2cnc(NCc3cccc(F)c3)n2C)cc1C.O=C(O)C(=O)O. The number of benzene rings is 2. The number of hydrogen-bond donors (Lipinski definition) is 3. The lowest BCUT2D eigenvalue weighted by Crippen LogP contribution is -2.09. The fourth-order valence-electron chi connectivity index (χ4n) is 2.57. The van der Waals surface area contributed by atoms with E-state index in [2.05, 4.69) is 42.3 Å². The van der Waals surface area contributed by atoms with Crippen molar-refractivity contribution in [3.63, 3.8) is 0 Å². The van der Waals surface area contributed by atoms with Crippen molar-refractivity contribution in [1.29, 1.82) is 0 Å². The molecule has 0 unspecified atom stereocenters. The van der Waals surface area contributed by atoms with E-state index < -0.39 is 11.9 Å². The smallest absolute Gasteiger partial charge is 0.414 e. The average molecular weight is 399 g/mol. The average Bonchev–Trinajstić information content (AvgIpc) is 3.03. The van der Waals surface area contributed by atoms with Gasteiger partial charge in [0, 0.05) is 19.2 Å². The zero-order chi connectivity index (χ0) is 21.6. The van der Waals surface area contributed by atoms with Crippen molar-refractivity contribution in [2.75, 3.05) is 5.32 Å². The van der Waals surface area contributed by atoms with Gasteiger partial charge in [0.05, 0.1) is 11.9 Å². The number of carboxylic acid groups (broad SMARTS) is 2. The number of anilines is 1. The third kappa shape index (κ3) is 5.90. The molecule has 0 aliphatic carbocycles. The Morgan fingerprint density at radius 1 is 1.07 bits per heavy atom. The number of carbonyl (C=O) groups is 2. The number of imidazole rings is 1. The molecule has 0 aliphatic rings. The minimum atomic E-state index is -1.82. The molecular formula is C21H22FN3O4. The Hall–Kier alpha value is -3.68. The summed E-state index contributed by atoms with van der Waals surface area (Å²) in [5.74, 6) is -3.10. The summed E-state index contributed by atoms with van der Waals surface area (Å²) in [6, 6.07) is 13.0. The molecule has 0 bridgehead atoms. The van der Waals surface area contributed by atoms with Gasteiger partial charge >= 0.3 is 11.9 Å². The molecule has 8 heteroatoms. The maximum Gasteiger partial charge on any atom is 0.414 e. The summed E-state index contributed by atoms with van der Waals surface area (Å²) in [6.07, 6.45) is 1.86. The monoisotopic (exact) mass is 399 g/mol. The molecule has 0 fully saturated rings. The van der Waals surface area contributed by atoms with Crippen molar-refractivity contribution in [3.8, 4) is 11.3 Å². The van der Waals surface area contributed by atoms with Gasteiger partial charge in [-0.1, -0.05) is 24.3 Å². The molecule has 3 N–H and O–H groups in total. The zero-order valence-corrected chi connectivity index (χ0v) is 16.3. The highest BCUT2D eigenvalue weighted by Crippen LogP contribution is 2.24. The minimum Gasteiger partial charge on any atom is -0.473 e. The summed E-state index contributed by atoms with van der Waals surface area (Å²) in [4.78, 5) is 22.6. The van der Waals surface area contributed by atoms with Gasteiger partial charge in [0.2, 0.25) is 5.95 Å². The maximum atomic E-state index is 13.2. The van der Waals surface area contributed by atoms with Crippen LogP contribution in [0.15, 0.2) is 48.7 Å². The molecule has 3 aromatic rings. The third-order valence-corrected chi connectivity index (χ3v) is 4.31. The van der Waals surface area contributed by atoms with Crippen molar-refractivity contribution < 1.29 is 24.2 Å². The number of nitrogens with one attached hydrogen (secondary N) is 1. The molecule has 1 aromatic heterocycles. The molecule has 0 spiro atoms. The Labute approximate surface area is 167 Å². The highest BCUT2D eigenvalue weighted by molar-refractivity contribution is 6.27. The Kier molecular flexibility index (Phi) is 7.08. The fourth-order valence-corrected chi connectivity index (χ4v) is 2.57. The number of halogens is 1. The van der Waals surface area contributed by atoms with Crippen LogP contribution >= 0.6 is 0 Å². The third-order valence-electron chi connectivity index (χ3n) is 4.31. The second-order valence-electron chi connectivity index (χ2n) is 6.42. The van der Waals surface area contributed by atoms with Crippen molar-refractivity contribution in [2.24, 2.45) is 7.05 Å². The number of aliphatic carboxylic acids is 2. The first-order valence-electron chi connectivity index (χ1n) is 8.73. The lowest BCUT2D eigenvalue weighted by molar-refractivity contribution is -0.159. The van der Waals surface area contributed by atoms with Gasteiger partial charge < -0.3 is 20.1 Å². The predicted molar refractivity (Wildman–Crippen MR) is 107 cm³/mol.